The summed E-state index contributed by atoms with van der Waals surface area (Å²) in [5, 5.41) is 0. The largest absolute Gasteiger partial charge is 0.523 e. The molecule has 0 fully saturated rings. The van der Waals surface area contributed by atoms with Crippen molar-refractivity contribution >= 4 is 20.2 Å². The van der Waals surface area contributed by atoms with Gasteiger partial charge in [0.25, 0.3) is 0 Å². The zero-order valence-corrected chi connectivity index (χ0v) is 18.2. The third-order valence-corrected chi connectivity index (χ3v) is 5.84. The number of hydrogen-bond acceptors (Lipinski definition) is 9. The van der Waals surface area contributed by atoms with Crippen LogP contribution in [-0.2, 0) is 28.6 Å². The number of hydrogen-bond donors (Lipinski definition) is 0. The fourth-order valence-corrected chi connectivity index (χ4v) is 3.43. The molecule has 0 saturated carbocycles. The summed E-state index contributed by atoms with van der Waals surface area (Å²) >= 11 is 0. The van der Waals surface area contributed by atoms with Crippen LogP contribution in [0.1, 0.15) is 24.5 Å². The molecule has 0 radical (unpaired) electrons. The highest BCUT2D eigenvalue weighted by Crippen LogP contribution is 2.45. The van der Waals surface area contributed by atoms with E-state index in [9.17, 15) is 43.2 Å². The van der Waals surface area contributed by atoms with Gasteiger partial charge in [-0.05, 0) is 25.0 Å². The van der Waals surface area contributed by atoms with Crippen LogP contribution in [-0.4, -0.2) is 55.8 Å². The smallest absolute Gasteiger partial charge is 0.493 e. The zero-order chi connectivity index (χ0) is 25.0. The number of benzene rings is 1. The van der Waals surface area contributed by atoms with Crippen LogP contribution in [0.5, 0.6) is 17.2 Å². The minimum atomic E-state index is -6.16. The molecule has 0 bridgehead atoms. The Hall–Kier alpha value is -1.98. The van der Waals surface area contributed by atoms with E-state index in [0.717, 1.165) is 20.3 Å². The van der Waals surface area contributed by atoms with Crippen molar-refractivity contribution in [3.63, 3.8) is 0 Å². The van der Waals surface area contributed by atoms with Crippen molar-refractivity contribution in [2.24, 2.45) is 0 Å². The molecule has 1 unspecified atom stereocenters. The lowest BCUT2D eigenvalue weighted by Crippen LogP contribution is -2.28. The second-order valence-corrected chi connectivity index (χ2v) is 8.94. The van der Waals surface area contributed by atoms with Crippen LogP contribution in [0.3, 0.4) is 0 Å². The van der Waals surface area contributed by atoms with Crippen LogP contribution in [0.4, 0.5) is 26.3 Å². The summed E-state index contributed by atoms with van der Waals surface area (Å²) in [5.74, 6) is -0.357. The quantitative estimate of drug-likeness (QED) is 0.188. The Labute approximate surface area is 179 Å². The van der Waals surface area contributed by atoms with E-state index >= 15 is 0 Å². The second-order valence-electron chi connectivity index (χ2n) is 5.77. The van der Waals surface area contributed by atoms with E-state index in [1.54, 1.807) is 0 Å². The summed E-state index contributed by atoms with van der Waals surface area (Å²) < 4.78 is 143. The van der Waals surface area contributed by atoms with E-state index in [1.165, 1.54) is 13.2 Å². The third-order valence-electron chi connectivity index (χ3n) is 3.74. The lowest BCUT2D eigenvalue weighted by Gasteiger charge is -2.23. The van der Waals surface area contributed by atoms with E-state index in [1.807, 2.05) is 0 Å². The predicted octanol–water partition coefficient (Wildman–Crippen LogP) is 3.27. The van der Waals surface area contributed by atoms with Crippen molar-refractivity contribution < 1.29 is 65.8 Å². The number of ether oxygens (including phenoxy) is 3. The van der Waals surface area contributed by atoms with E-state index in [4.69, 9.17) is 14.2 Å². The third kappa shape index (κ3) is 6.52. The average Bonchev–Trinajstić information content (AvgIpc) is 2.67. The van der Waals surface area contributed by atoms with Crippen molar-refractivity contribution in [1.82, 2.24) is 0 Å². The SMILES string of the molecule is COc1ccc(C(CCCOS(=O)(=O)C(F)(F)F)OS(=O)(=O)C(F)(F)F)c(OC)c1OC. The summed E-state index contributed by atoms with van der Waals surface area (Å²) in [6, 6.07) is 2.28. The van der Waals surface area contributed by atoms with Gasteiger partial charge in [0.1, 0.15) is 6.10 Å². The van der Waals surface area contributed by atoms with Crippen LogP contribution in [0.15, 0.2) is 12.1 Å². The summed E-state index contributed by atoms with van der Waals surface area (Å²) in [4.78, 5) is 0. The molecule has 0 aliphatic rings. The van der Waals surface area contributed by atoms with Gasteiger partial charge >= 0.3 is 31.3 Å². The highest BCUT2D eigenvalue weighted by Gasteiger charge is 2.49. The van der Waals surface area contributed by atoms with Crippen molar-refractivity contribution in [1.29, 1.82) is 0 Å². The Balaban J connectivity index is 3.29. The van der Waals surface area contributed by atoms with Crippen molar-refractivity contribution in [2.45, 2.75) is 30.0 Å². The summed E-state index contributed by atoms with van der Waals surface area (Å²) in [5.41, 5.74) is -11.8. The van der Waals surface area contributed by atoms with Gasteiger partial charge in [-0.25, -0.2) is 0 Å². The van der Waals surface area contributed by atoms with E-state index in [0.29, 0.717) is 0 Å². The van der Waals surface area contributed by atoms with Gasteiger partial charge in [0, 0.05) is 5.56 Å². The molecule has 0 heterocycles. The van der Waals surface area contributed by atoms with Crippen molar-refractivity contribution in [3.05, 3.63) is 17.7 Å². The Morgan fingerprint density at radius 3 is 1.78 bits per heavy atom. The highest BCUT2D eigenvalue weighted by molar-refractivity contribution is 7.87. The number of alkyl halides is 6. The van der Waals surface area contributed by atoms with E-state index in [-0.39, 0.29) is 22.8 Å². The lowest BCUT2D eigenvalue weighted by atomic mass is 10.0. The summed E-state index contributed by atoms with van der Waals surface area (Å²) in [6.45, 7) is -1.12. The second kappa shape index (κ2) is 10.3. The molecule has 0 saturated heterocycles. The van der Waals surface area contributed by atoms with Gasteiger partial charge in [-0.2, -0.15) is 43.2 Å². The Kier molecular flexibility index (Phi) is 9.03. The van der Waals surface area contributed by atoms with Gasteiger partial charge in [-0.1, -0.05) is 0 Å². The Morgan fingerprint density at radius 1 is 0.812 bits per heavy atom. The highest BCUT2D eigenvalue weighted by atomic mass is 32.2. The average molecular weight is 520 g/mol. The fourth-order valence-electron chi connectivity index (χ4n) is 2.35. The fraction of sp³-hybridized carbons (Fsp3) is 0.600. The predicted molar refractivity (Wildman–Crippen MR) is 95.1 cm³/mol. The number of methoxy groups -OCH3 is 3. The molecule has 186 valence electrons. The Bertz CT molecular complexity index is 988. The molecule has 0 aromatic heterocycles. The maximum absolute atomic E-state index is 12.8. The first kappa shape index (κ1) is 28.1. The molecule has 1 rings (SSSR count). The van der Waals surface area contributed by atoms with Crippen LogP contribution < -0.4 is 14.2 Å². The van der Waals surface area contributed by atoms with Gasteiger partial charge in [0.15, 0.2) is 11.5 Å². The first-order valence-electron chi connectivity index (χ1n) is 8.26. The molecule has 0 aliphatic heterocycles. The van der Waals surface area contributed by atoms with Crippen molar-refractivity contribution in [3.8, 4) is 17.2 Å². The first-order valence-corrected chi connectivity index (χ1v) is 11.1. The zero-order valence-electron chi connectivity index (χ0n) is 16.6. The van der Waals surface area contributed by atoms with Gasteiger partial charge < -0.3 is 14.2 Å². The maximum Gasteiger partial charge on any atom is 0.523 e. The van der Waals surface area contributed by atoms with Crippen molar-refractivity contribution in [2.75, 3.05) is 27.9 Å². The monoisotopic (exact) mass is 520 g/mol. The number of rotatable bonds is 11. The molecule has 0 N–H and O–H groups in total. The molecule has 1 aromatic rings. The molecule has 17 heteroatoms. The molecule has 0 amide bonds. The van der Waals surface area contributed by atoms with Crippen LogP contribution >= 0.6 is 0 Å². The van der Waals surface area contributed by atoms with E-state index < -0.39 is 56.8 Å². The number of halogens is 6. The minimum absolute atomic E-state index is 0.0603. The topological polar surface area (TPSA) is 114 Å². The van der Waals surface area contributed by atoms with Crippen LogP contribution in [0.2, 0.25) is 0 Å². The molecular formula is C15H18F6O9S2. The minimum Gasteiger partial charge on any atom is -0.493 e. The first-order chi connectivity index (χ1) is 14.5. The molecule has 0 aliphatic carbocycles. The van der Waals surface area contributed by atoms with Gasteiger partial charge in [-0.15, -0.1) is 0 Å². The molecule has 9 nitrogen and oxygen atoms in total. The summed E-state index contributed by atoms with van der Waals surface area (Å²) in [7, 11) is -8.65. The molecule has 1 atom stereocenters. The van der Waals surface area contributed by atoms with Crippen LogP contribution in [0, 0.1) is 0 Å². The lowest BCUT2D eigenvalue weighted by molar-refractivity contribution is -0.0586. The van der Waals surface area contributed by atoms with Crippen LogP contribution in [0.25, 0.3) is 0 Å². The molecule has 0 spiro atoms. The molecular weight excluding hydrogens is 502 g/mol. The molecule has 1 aromatic carbocycles. The summed E-state index contributed by atoms with van der Waals surface area (Å²) in [6.07, 6.45) is -3.33. The molecule has 32 heavy (non-hydrogen) atoms. The maximum atomic E-state index is 12.8. The van der Waals surface area contributed by atoms with E-state index in [2.05, 4.69) is 8.37 Å². The Morgan fingerprint density at radius 2 is 1.34 bits per heavy atom. The normalized spacial score (nSPS) is 14.2. The van der Waals surface area contributed by atoms with Gasteiger partial charge in [-0.3, -0.25) is 8.37 Å². The standard InChI is InChI=1S/C15H18F6O9S2/c1-26-11-7-6-9(12(27-2)13(11)28-3)10(30-32(24,25)15(19,20)21)5-4-8-29-31(22,23)14(16,17)18/h6-7,10H,4-5,8H2,1-3H3. The van der Waals surface area contributed by atoms with Gasteiger partial charge in [0.2, 0.25) is 5.75 Å². The van der Waals surface area contributed by atoms with Gasteiger partial charge in [0.05, 0.1) is 27.9 Å².